The molecule has 2 N–H and O–H groups in total. The molecule has 0 spiro atoms. The predicted molar refractivity (Wildman–Crippen MR) is 80.0 cm³/mol. The van der Waals surface area contributed by atoms with Crippen LogP contribution in [0.4, 0.5) is 0 Å². The molecule has 1 aliphatic carbocycles. The number of benzene rings is 1. The Labute approximate surface area is 118 Å². The van der Waals surface area contributed by atoms with Gasteiger partial charge in [-0.2, -0.15) is 0 Å². The van der Waals surface area contributed by atoms with Crippen LogP contribution in [0.3, 0.4) is 0 Å². The first-order valence-electron chi connectivity index (χ1n) is 6.87. The summed E-state index contributed by atoms with van der Waals surface area (Å²) in [5.74, 6) is 0.902. The van der Waals surface area contributed by atoms with Crippen molar-refractivity contribution in [3.8, 4) is 5.75 Å². The highest BCUT2D eigenvalue weighted by molar-refractivity contribution is 7.12. The van der Waals surface area contributed by atoms with E-state index in [4.69, 9.17) is 10.5 Å². The Bertz CT molecular complexity index is 554. The topological polar surface area (TPSA) is 35.2 Å². The van der Waals surface area contributed by atoms with Gasteiger partial charge in [-0.3, -0.25) is 0 Å². The molecule has 19 heavy (non-hydrogen) atoms. The van der Waals surface area contributed by atoms with Gasteiger partial charge < -0.3 is 10.5 Å². The molecule has 1 aromatic heterocycles. The molecule has 3 rings (SSSR count). The number of nitrogens with two attached hydrogens (primary N) is 1. The van der Waals surface area contributed by atoms with E-state index in [2.05, 4.69) is 18.2 Å². The molecular formula is C16H19NOS. The Morgan fingerprint density at radius 3 is 3.00 bits per heavy atom. The third-order valence-electron chi connectivity index (χ3n) is 3.60. The highest BCUT2D eigenvalue weighted by atomic mass is 32.1. The molecule has 0 amide bonds. The van der Waals surface area contributed by atoms with Crippen LogP contribution in [0.15, 0.2) is 30.3 Å². The van der Waals surface area contributed by atoms with Crippen molar-refractivity contribution in [1.29, 1.82) is 0 Å². The van der Waals surface area contributed by atoms with Gasteiger partial charge in [-0.15, -0.1) is 11.3 Å². The molecule has 1 aromatic carbocycles. The number of fused-ring (bicyclic) bond motifs is 1. The van der Waals surface area contributed by atoms with Crippen molar-refractivity contribution in [2.45, 2.75) is 32.2 Å². The van der Waals surface area contributed by atoms with E-state index in [1.807, 2.05) is 30.4 Å². The Morgan fingerprint density at radius 1 is 1.32 bits per heavy atom. The van der Waals surface area contributed by atoms with Crippen molar-refractivity contribution in [3.05, 3.63) is 51.2 Å². The largest absolute Gasteiger partial charge is 0.494 e. The van der Waals surface area contributed by atoms with Crippen LogP contribution in [0, 0.1) is 0 Å². The summed E-state index contributed by atoms with van der Waals surface area (Å²) in [5, 5.41) is 0. The van der Waals surface area contributed by atoms with Gasteiger partial charge in [-0.1, -0.05) is 12.1 Å². The van der Waals surface area contributed by atoms with E-state index in [0.717, 1.165) is 11.3 Å². The first-order chi connectivity index (χ1) is 9.28. The first-order valence-corrected chi connectivity index (χ1v) is 7.69. The molecule has 100 valence electrons. The number of thiophene rings is 1. The predicted octanol–water partition coefficient (Wildman–Crippen LogP) is 3.68. The van der Waals surface area contributed by atoms with Crippen molar-refractivity contribution in [2.24, 2.45) is 5.73 Å². The average molecular weight is 273 g/mol. The summed E-state index contributed by atoms with van der Waals surface area (Å²) in [6, 6.07) is 10.4. The van der Waals surface area contributed by atoms with E-state index in [9.17, 15) is 0 Å². The average Bonchev–Trinajstić information content (AvgIpc) is 2.99. The minimum Gasteiger partial charge on any atom is -0.494 e. The number of rotatable bonds is 4. The van der Waals surface area contributed by atoms with Crippen LogP contribution < -0.4 is 10.5 Å². The summed E-state index contributed by atoms with van der Waals surface area (Å²) in [4.78, 5) is 2.81. The summed E-state index contributed by atoms with van der Waals surface area (Å²) in [6.45, 7) is 2.68. The quantitative estimate of drug-likeness (QED) is 0.922. The monoisotopic (exact) mass is 273 g/mol. The first kappa shape index (κ1) is 12.7. The maximum atomic E-state index is 6.40. The molecule has 0 bridgehead atoms. The van der Waals surface area contributed by atoms with Crippen LogP contribution in [0.1, 0.15) is 40.3 Å². The van der Waals surface area contributed by atoms with Crippen molar-refractivity contribution in [2.75, 3.05) is 6.61 Å². The van der Waals surface area contributed by atoms with Gasteiger partial charge in [-0.25, -0.2) is 0 Å². The Morgan fingerprint density at radius 2 is 2.21 bits per heavy atom. The Hall–Kier alpha value is -1.32. The zero-order valence-corrected chi connectivity index (χ0v) is 12.0. The van der Waals surface area contributed by atoms with E-state index in [1.165, 1.54) is 34.6 Å². The Balaban J connectivity index is 1.86. The van der Waals surface area contributed by atoms with E-state index >= 15 is 0 Å². The van der Waals surface area contributed by atoms with E-state index < -0.39 is 0 Å². The number of hydrogen-bond donors (Lipinski definition) is 1. The molecule has 0 fully saturated rings. The van der Waals surface area contributed by atoms with Crippen LogP contribution in [-0.2, 0) is 12.8 Å². The zero-order chi connectivity index (χ0) is 13.2. The van der Waals surface area contributed by atoms with E-state index in [-0.39, 0.29) is 6.04 Å². The molecule has 1 heterocycles. The maximum absolute atomic E-state index is 6.40. The molecule has 1 atom stereocenters. The van der Waals surface area contributed by atoms with Crippen molar-refractivity contribution in [3.63, 3.8) is 0 Å². The molecule has 0 aliphatic heterocycles. The fourth-order valence-electron chi connectivity index (χ4n) is 2.63. The van der Waals surface area contributed by atoms with Crippen LogP contribution in [0.25, 0.3) is 0 Å². The fraction of sp³-hybridized carbons (Fsp3) is 0.375. The van der Waals surface area contributed by atoms with Gasteiger partial charge in [0.15, 0.2) is 0 Å². The van der Waals surface area contributed by atoms with E-state index in [1.54, 1.807) is 0 Å². The summed E-state index contributed by atoms with van der Waals surface area (Å²) in [5.41, 5.74) is 9.04. The second-order valence-corrected chi connectivity index (χ2v) is 6.10. The standard InChI is InChI=1S/C16H19NOS/c1-2-18-13-7-3-6-12(9-13)16(17)15-10-11-5-4-8-14(11)19-15/h3,6-7,9-10,16H,2,4-5,8,17H2,1H3. The van der Waals surface area contributed by atoms with Gasteiger partial charge in [0.05, 0.1) is 12.6 Å². The van der Waals surface area contributed by atoms with Crippen LogP contribution in [0.5, 0.6) is 5.75 Å². The zero-order valence-electron chi connectivity index (χ0n) is 11.2. The lowest BCUT2D eigenvalue weighted by atomic mass is 10.1. The third-order valence-corrected chi connectivity index (χ3v) is 4.92. The summed E-state index contributed by atoms with van der Waals surface area (Å²) >= 11 is 1.88. The maximum Gasteiger partial charge on any atom is 0.119 e. The molecule has 1 aliphatic rings. The van der Waals surface area contributed by atoms with Crippen molar-refractivity contribution in [1.82, 2.24) is 0 Å². The number of hydrogen-bond acceptors (Lipinski definition) is 3. The lowest BCUT2D eigenvalue weighted by Gasteiger charge is -2.12. The van der Waals surface area contributed by atoms with Gasteiger partial charge >= 0.3 is 0 Å². The molecule has 3 heteroatoms. The SMILES string of the molecule is CCOc1cccc(C(N)c2cc3c(s2)CCC3)c1. The van der Waals surface area contributed by atoms with E-state index in [0.29, 0.717) is 6.61 Å². The molecule has 2 aromatic rings. The van der Waals surface area contributed by atoms with Crippen molar-refractivity contribution >= 4 is 11.3 Å². The summed E-state index contributed by atoms with van der Waals surface area (Å²) < 4.78 is 5.54. The summed E-state index contributed by atoms with van der Waals surface area (Å²) in [6.07, 6.45) is 3.75. The van der Waals surface area contributed by atoms with Crippen LogP contribution in [0.2, 0.25) is 0 Å². The third kappa shape index (κ3) is 2.53. The van der Waals surface area contributed by atoms with Gasteiger partial charge in [0.25, 0.3) is 0 Å². The molecule has 2 nitrogen and oxygen atoms in total. The fourth-order valence-corrected chi connectivity index (χ4v) is 3.92. The number of aryl methyl sites for hydroxylation is 2. The lowest BCUT2D eigenvalue weighted by molar-refractivity contribution is 0.340. The van der Waals surface area contributed by atoms with Gasteiger partial charge in [0, 0.05) is 9.75 Å². The highest BCUT2D eigenvalue weighted by Crippen LogP contribution is 2.35. The van der Waals surface area contributed by atoms with Gasteiger partial charge in [-0.05, 0) is 55.5 Å². The van der Waals surface area contributed by atoms with Gasteiger partial charge in [0.1, 0.15) is 5.75 Å². The van der Waals surface area contributed by atoms with Crippen LogP contribution in [-0.4, -0.2) is 6.61 Å². The van der Waals surface area contributed by atoms with Gasteiger partial charge in [0.2, 0.25) is 0 Å². The smallest absolute Gasteiger partial charge is 0.119 e. The molecular weight excluding hydrogens is 254 g/mol. The normalized spacial score (nSPS) is 15.3. The van der Waals surface area contributed by atoms with Crippen LogP contribution >= 0.6 is 11.3 Å². The highest BCUT2D eigenvalue weighted by Gasteiger charge is 2.19. The summed E-state index contributed by atoms with van der Waals surface area (Å²) in [7, 11) is 0. The molecule has 0 saturated carbocycles. The van der Waals surface area contributed by atoms with Crippen molar-refractivity contribution < 1.29 is 4.74 Å². The molecule has 0 radical (unpaired) electrons. The minimum absolute atomic E-state index is 0.0315. The molecule has 1 unspecified atom stereocenters. The minimum atomic E-state index is -0.0315. The Kier molecular flexibility index (Phi) is 3.58. The molecule has 0 saturated heterocycles. The lowest BCUT2D eigenvalue weighted by Crippen LogP contribution is -2.10. The second-order valence-electron chi connectivity index (χ2n) is 4.93. The number of ether oxygens (including phenoxy) is 1. The second kappa shape index (κ2) is 5.35.